The Bertz CT molecular complexity index is 889. The molecule has 2 N–H and O–H groups in total. The molecule has 3 rings (SSSR count). The third kappa shape index (κ3) is 4.17. The fourth-order valence-electron chi connectivity index (χ4n) is 2.92. The number of anilines is 1. The smallest absolute Gasteiger partial charge is 0.269 e. The molecule has 2 aromatic carbocycles. The quantitative estimate of drug-likeness (QED) is 0.732. The van der Waals surface area contributed by atoms with Crippen LogP contribution in [0, 0.1) is 0 Å². The molecule has 144 valence electrons. The molecule has 0 spiro atoms. The van der Waals surface area contributed by atoms with Gasteiger partial charge in [0.05, 0.1) is 6.42 Å². The molecule has 1 saturated heterocycles. The normalized spacial score (nSPS) is 16.2. The molecular formula is C20H20N4O3S. The number of nitrogens with zero attached hydrogens (tertiary/aromatic N) is 2. The molecule has 1 fully saturated rings. The lowest BCUT2D eigenvalue weighted by Crippen LogP contribution is -2.49. The molecule has 0 aliphatic carbocycles. The van der Waals surface area contributed by atoms with Crippen LogP contribution < -0.4 is 10.7 Å². The second-order valence-corrected chi connectivity index (χ2v) is 6.54. The van der Waals surface area contributed by atoms with E-state index in [-0.39, 0.29) is 23.3 Å². The van der Waals surface area contributed by atoms with E-state index in [0.29, 0.717) is 17.8 Å². The first kappa shape index (κ1) is 19.5. The van der Waals surface area contributed by atoms with E-state index in [1.54, 1.807) is 61.5 Å². The van der Waals surface area contributed by atoms with E-state index in [0.717, 1.165) is 0 Å². The van der Waals surface area contributed by atoms with Gasteiger partial charge in [-0.1, -0.05) is 36.4 Å². The molecule has 1 aliphatic rings. The summed E-state index contributed by atoms with van der Waals surface area (Å²) in [5.41, 5.74) is 3.73. The van der Waals surface area contributed by atoms with Crippen molar-refractivity contribution in [1.29, 1.82) is 0 Å². The predicted octanol–water partition coefficient (Wildman–Crippen LogP) is 2.18. The minimum atomic E-state index is -0.899. The Kier molecular flexibility index (Phi) is 6.00. The molecular weight excluding hydrogens is 376 g/mol. The topological polar surface area (TPSA) is 81.8 Å². The van der Waals surface area contributed by atoms with E-state index in [2.05, 4.69) is 10.7 Å². The lowest BCUT2D eigenvalue weighted by molar-refractivity contribution is -0.130. The molecule has 3 amide bonds. The van der Waals surface area contributed by atoms with E-state index < -0.39 is 11.9 Å². The highest BCUT2D eigenvalue weighted by atomic mass is 32.1. The minimum absolute atomic E-state index is 0.139. The summed E-state index contributed by atoms with van der Waals surface area (Å²) in [5, 5.41) is 4.23. The maximum Gasteiger partial charge on any atom is 0.269 e. The van der Waals surface area contributed by atoms with Crippen molar-refractivity contribution in [3.8, 4) is 0 Å². The maximum atomic E-state index is 12.7. The van der Waals surface area contributed by atoms with Gasteiger partial charge in [-0.15, -0.1) is 0 Å². The summed E-state index contributed by atoms with van der Waals surface area (Å²) in [5.74, 6) is -1.06. The molecule has 1 atom stereocenters. The summed E-state index contributed by atoms with van der Waals surface area (Å²) in [6, 6.07) is 16.7. The monoisotopic (exact) mass is 396 g/mol. The number of hydrogen-bond donors (Lipinski definition) is 2. The van der Waals surface area contributed by atoms with Gasteiger partial charge in [0.25, 0.3) is 11.8 Å². The molecule has 8 heteroatoms. The van der Waals surface area contributed by atoms with Gasteiger partial charge >= 0.3 is 0 Å². The number of carbonyl (C=O) groups is 3. The van der Waals surface area contributed by atoms with Gasteiger partial charge in [0.1, 0.15) is 6.04 Å². The van der Waals surface area contributed by atoms with Crippen LogP contribution in [0.1, 0.15) is 23.7 Å². The van der Waals surface area contributed by atoms with Crippen molar-refractivity contribution in [2.75, 3.05) is 11.9 Å². The van der Waals surface area contributed by atoms with E-state index in [4.69, 9.17) is 12.2 Å². The van der Waals surface area contributed by atoms with Gasteiger partial charge in [0, 0.05) is 17.8 Å². The van der Waals surface area contributed by atoms with Crippen LogP contribution in [-0.2, 0) is 9.59 Å². The van der Waals surface area contributed by atoms with Gasteiger partial charge in [-0.05, 0) is 43.4 Å². The third-order valence-electron chi connectivity index (χ3n) is 4.31. The fourth-order valence-corrected chi connectivity index (χ4v) is 3.31. The summed E-state index contributed by atoms with van der Waals surface area (Å²) in [6.45, 7) is 2.14. The SMILES string of the molecule is CCN1C(=O)[C@@H](CC(=O)Nc2ccccc2)N(NC(=O)c2ccccc2)C1=S. The van der Waals surface area contributed by atoms with E-state index in [1.165, 1.54) is 9.91 Å². The van der Waals surface area contributed by atoms with E-state index in [1.807, 2.05) is 6.07 Å². The molecule has 0 radical (unpaired) electrons. The Labute approximate surface area is 168 Å². The Morgan fingerprint density at radius 1 is 1.04 bits per heavy atom. The first-order chi connectivity index (χ1) is 13.5. The Hall–Kier alpha value is -3.26. The number of carbonyl (C=O) groups excluding carboxylic acids is 3. The van der Waals surface area contributed by atoms with Crippen LogP contribution in [0.2, 0.25) is 0 Å². The van der Waals surface area contributed by atoms with Gasteiger partial charge in [-0.3, -0.25) is 24.7 Å². The standard InChI is InChI=1S/C20H20N4O3S/c1-2-23-19(27)16(13-17(25)21-15-11-7-4-8-12-15)24(20(23)28)22-18(26)14-9-5-3-6-10-14/h3-12,16H,2,13H2,1H3,(H,21,25)(H,22,26)/t16-/m1/s1. The number of amides is 3. The fraction of sp³-hybridized carbons (Fsp3) is 0.200. The Morgan fingerprint density at radius 2 is 1.64 bits per heavy atom. The molecule has 0 aromatic heterocycles. The second kappa shape index (κ2) is 8.62. The van der Waals surface area contributed by atoms with Gasteiger partial charge in [0.2, 0.25) is 5.91 Å². The van der Waals surface area contributed by atoms with Crippen LogP contribution in [0.5, 0.6) is 0 Å². The van der Waals surface area contributed by atoms with Crippen molar-refractivity contribution >= 4 is 40.7 Å². The lowest BCUT2D eigenvalue weighted by Gasteiger charge is -2.24. The number of rotatable bonds is 6. The highest BCUT2D eigenvalue weighted by Crippen LogP contribution is 2.20. The average Bonchev–Trinajstić information content (AvgIpc) is 2.92. The largest absolute Gasteiger partial charge is 0.326 e. The van der Waals surface area contributed by atoms with Crippen LogP contribution in [0.15, 0.2) is 60.7 Å². The molecule has 2 aromatic rings. The van der Waals surface area contributed by atoms with Crippen LogP contribution in [-0.4, -0.2) is 45.3 Å². The highest BCUT2D eigenvalue weighted by molar-refractivity contribution is 7.80. The van der Waals surface area contributed by atoms with Crippen LogP contribution in [0.4, 0.5) is 5.69 Å². The van der Waals surface area contributed by atoms with Crippen LogP contribution in [0.3, 0.4) is 0 Å². The zero-order chi connectivity index (χ0) is 20.1. The third-order valence-corrected chi connectivity index (χ3v) is 4.73. The molecule has 28 heavy (non-hydrogen) atoms. The lowest BCUT2D eigenvalue weighted by atomic mass is 10.2. The molecule has 0 unspecified atom stereocenters. The number of nitrogens with one attached hydrogen (secondary N) is 2. The minimum Gasteiger partial charge on any atom is -0.326 e. The number of likely N-dealkylation sites (N-methyl/N-ethyl adjacent to an activating group) is 1. The Balaban J connectivity index is 1.75. The summed E-state index contributed by atoms with van der Waals surface area (Å²) in [6.07, 6.45) is -0.139. The number of thiocarbonyl (C=S) groups is 1. The van der Waals surface area contributed by atoms with Crippen molar-refractivity contribution in [1.82, 2.24) is 15.3 Å². The molecule has 0 bridgehead atoms. The van der Waals surface area contributed by atoms with Gasteiger partial charge in [-0.2, -0.15) is 0 Å². The molecule has 1 aliphatic heterocycles. The zero-order valence-corrected chi connectivity index (χ0v) is 16.1. The van der Waals surface area contributed by atoms with Crippen molar-refractivity contribution in [3.63, 3.8) is 0 Å². The number of benzene rings is 2. The summed E-state index contributed by atoms with van der Waals surface area (Å²) in [4.78, 5) is 39.1. The van der Waals surface area contributed by atoms with Gasteiger partial charge in [-0.25, -0.2) is 5.01 Å². The van der Waals surface area contributed by atoms with Crippen molar-refractivity contribution in [3.05, 3.63) is 66.2 Å². The molecule has 1 heterocycles. The van der Waals surface area contributed by atoms with Gasteiger partial charge in [0.15, 0.2) is 5.11 Å². The van der Waals surface area contributed by atoms with Gasteiger partial charge < -0.3 is 5.32 Å². The van der Waals surface area contributed by atoms with Crippen molar-refractivity contribution in [2.24, 2.45) is 0 Å². The molecule has 0 saturated carbocycles. The number of hydrogen-bond acceptors (Lipinski definition) is 4. The zero-order valence-electron chi connectivity index (χ0n) is 15.3. The summed E-state index contributed by atoms with van der Waals surface area (Å²) >= 11 is 5.35. The summed E-state index contributed by atoms with van der Waals surface area (Å²) < 4.78 is 0. The number of hydrazine groups is 1. The first-order valence-corrected chi connectivity index (χ1v) is 9.27. The van der Waals surface area contributed by atoms with Crippen LogP contribution >= 0.6 is 12.2 Å². The van der Waals surface area contributed by atoms with Crippen molar-refractivity contribution < 1.29 is 14.4 Å². The van der Waals surface area contributed by atoms with E-state index >= 15 is 0 Å². The average molecular weight is 396 g/mol. The van der Waals surface area contributed by atoms with Crippen molar-refractivity contribution in [2.45, 2.75) is 19.4 Å². The summed E-state index contributed by atoms with van der Waals surface area (Å²) in [7, 11) is 0. The highest BCUT2D eigenvalue weighted by Gasteiger charge is 2.43. The second-order valence-electron chi connectivity index (χ2n) is 6.18. The first-order valence-electron chi connectivity index (χ1n) is 8.86. The Morgan fingerprint density at radius 3 is 2.25 bits per heavy atom. The predicted molar refractivity (Wildman–Crippen MR) is 109 cm³/mol. The van der Waals surface area contributed by atoms with Crippen LogP contribution in [0.25, 0.3) is 0 Å². The maximum absolute atomic E-state index is 12.7. The molecule has 7 nitrogen and oxygen atoms in total. The van der Waals surface area contributed by atoms with E-state index in [9.17, 15) is 14.4 Å². The number of para-hydroxylation sites is 1.